The predicted molar refractivity (Wildman–Crippen MR) is 57.0 cm³/mol. The van der Waals surface area contributed by atoms with Gasteiger partial charge in [0.2, 0.25) is 0 Å². The number of nitrogens with zero attached hydrogens (tertiary/aromatic N) is 2. The van der Waals surface area contributed by atoms with E-state index in [4.69, 9.17) is 4.74 Å². The van der Waals surface area contributed by atoms with Crippen molar-refractivity contribution in [2.75, 3.05) is 0 Å². The van der Waals surface area contributed by atoms with Gasteiger partial charge in [0, 0.05) is 18.3 Å². The molecule has 0 amide bonds. The molecule has 4 heteroatoms. The first-order valence-corrected chi connectivity index (χ1v) is 4.57. The van der Waals surface area contributed by atoms with Crippen LogP contribution in [-0.2, 0) is 22.7 Å². The number of carbonyl (C=O) groups is 1. The van der Waals surface area contributed by atoms with E-state index in [0.29, 0.717) is 17.8 Å². The zero-order chi connectivity index (χ0) is 11.3. The van der Waals surface area contributed by atoms with Crippen LogP contribution in [0.25, 0.3) is 0 Å². The van der Waals surface area contributed by atoms with Crippen LogP contribution in [0, 0.1) is 0 Å². The lowest BCUT2D eigenvalue weighted by molar-refractivity contribution is -0.140. The zero-order valence-corrected chi connectivity index (χ0v) is 8.77. The fourth-order valence-corrected chi connectivity index (χ4v) is 0.993. The normalized spacial score (nSPS) is 9.67. The number of hydrogen-bond donors (Lipinski definition) is 0. The molecule has 0 atom stereocenters. The van der Waals surface area contributed by atoms with Crippen molar-refractivity contribution in [2.45, 2.75) is 20.1 Å². The summed E-state index contributed by atoms with van der Waals surface area (Å²) in [6.45, 7) is 9.59. The summed E-state index contributed by atoms with van der Waals surface area (Å²) in [4.78, 5) is 15.2. The van der Waals surface area contributed by atoms with E-state index in [9.17, 15) is 4.79 Å². The summed E-state index contributed by atoms with van der Waals surface area (Å²) >= 11 is 0. The Bertz CT molecular complexity index is 380. The Morgan fingerprint density at radius 3 is 3.07 bits per heavy atom. The molecule has 0 aromatic carbocycles. The van der Waals surface area contributed by atoms with Gasteiger partial charge in [-0.25, -0.2) is 9.78 Å². The fourth-order valence-electron chi connectivity index (χ4n) is 0.993. The van der Waals surface area contributed by atoms with Gasteiger partial charge in [0.05, 0.1) is 12.0 Å². The van der Waals surface area contributed by atoms with E-state index < -0.39 is 5.97 Å². The molecular weight excluding hydrogens is 192 g/mol. The lowest BCUT2D eigenvalue weighted by atomic mass is 10.4. The first-order chi connectivity index (χ1) is 7.13. The highest BCUT2D eigenvalue weighted by Crippen LogP contribution is 2.01. The molecule has 80 valence electrons. The number of allylic oxidation sites excluding steroid dienone is 1. The third kappa shape index (κ3) is 3.42. The zero-order valence-electron chi connectivity index (χ0n) is 8.77. The number of aromatic nitrogens is 2. The molecule has 15 heavy (non-hydrogen) atoms. The average molecular weight is 206 g/mol. The highest BCUT2D eigenvalue weighted by molar-refractivity contribution is 5.86. The predicted octanol–water partition coefficient (Wildman–Crippen LogP) is 1.69. The molecule has 0 spiro atoms. The topological polar surface area (TPSA) is 44.1 Å². The molecule has 0 fully saturated rings. The SMILES string of the molecule is C=CCn1cnc(COC(=O)C(=C)C)c1. The number of esters is 1. The van der Waals surface area contributed by atoms with Crippen molar-refractivity contribution >= 4 is 5.97 Å². The maximum Gasteiger partial charge on any atom is 0.333 e. The lowest BCUT2D eigenvalue weighted by Gasteiger charge is -2.00. The molecule has 0 aliphatic carbocycles. The molecule has 4 nitrogen and oxygen atoms in total. The molecule has 1 rings (SSSR count). The van der Waals surface area contributed by atoms with Gasteiger partial charge in [-0.3, -0.25) is 0 Å². The van der Waals surface area contributed by atoms with Crippen LogP contribution in [0.1, 0.15) is 12.6 Å². The monoisotopic (exact) mass is 206 g/mol. The van der Waals surface area contributed by atoms with Crippen molar-refractivity contribution in [2.24, 2.45) is 0 Å². The van der Waals surface area contributed by atoms with Gasteiger partial charge in [0.25, 0.3) is 0 Å². The van der Waals surface area contributed by atoms with E-state index in [-0.39, 0.29) is 6.61 Å². The first-order valence-electron chi connectivity index (χ1n) is 4.57. The van der Waals surface area contributed by atoms with Gasteiger partial charge in [-0.1, -0.05) is 12.7 Å². The van der Waals surface area contributed by atoms with Gasteiger partial charge in [-0.05, 0) is 6.92 Å². The van der Waals surface area contributed by atoms with Crippen LogP contribution in [0.5, 0.6) is 0 Å². The number of ether oxygens (including phenoxy) is 1. The summed E-state index contributed by atoms with van der Waals surface area (Å²) in [5, 5.41) is 0. The lowest BCUT2D eigenvalue weighted by Crippen LogP contribution is -2.04. The number of imidazole rings is 1. The highest BCUT2D eigenvalue weighted by Gasteiger charge is 2.04. The number of hydrogen-bond acceptors (Lipinski definition) is 3. The summed E-state index contributed by atoms with van der Waals surface area (Å²) in [6, 6.07) is 0. The molecule has 0 aliphatic heterocycles. The Kier molecular flexibility index (Phi) is 3.85. The van der Waals surface area contributed by atoms with Crippen molar-refractivity contribution in [3.8, 4) is 0 Å². The van der Waals surface area contributed by atoms with Crippen LogP contribution in [0.15, 0.2) is 37.3 Å². The fraction of sp³-hybridized carbons (Fsp3) is 0.273. The largest absolute Gasteiger partial charge is 0.456 e. The van der Waals surface area contributed by atoms with Crippen molar-refractivity contribution in [3.05, 3.63) is 43.0 Å². The minimum atomic E-state index is -0.395. The van der Waals surface area contributed by atoms with E-state index in [0.717, 1.165) is 0 Å². The van der Waals surface area contributed by atoms with Gasteiger partial charge in [0.1, 0.15) is 6.61 Å². The Labute approximate surface area is 88.9 Å². The molecule has 0 N–H and O–H groups in total. The summed E-state index contributed by atoms with van der Waals surface area (Å²) in [5.41, 5.74) is 1.10. The van der Waals surface area contributed by atoms with Crippen molar-refractivity contribution in [1.82, 2.24) is 9.55 Å². The van der Waals surface area contributed by atoms with E-state index in [1.807, 2.05) is 10.8 Å². The molecule has 0 saturated carbocycles. The summed E-state index contributed by atoms with van der Waals surface area (Å²) in [7, 11) is 0. The second-order valence-corrected chi connectivity index (χ2v) is 3.21. The first kappa shape index (κ1) is 11.2. The Hall–Kier alpha value is -1.84. The molecule has 0 aliphatic rings. The third-order valence-corrected chi connectivity index (χ3v) is 1.73. The van der Waals surface area contributed by atoms with Crippen LogP contribution >= 0.6 is 0 Å². The van der Waals surface area contributed by atoms with Gasteiger partial charge in [-0.2, -0.15) is 0 Å². The summed E-state index contributed by atoms with van der Waals surface area (Å²) in [5.74, 6) is -0.395. The van der Waals surface area contributed by atoms with Gasteiger partial charge < -0.3 is 9.30 Å². The second kappa shape index (κ2) is 5.14. The summed E-state index contributed by atoms with van der Waals surface area (Å²) in [6.07, 6.45) is 5.25. The molecule has 0 radical (unpaired) electrons. The van der Waals surface area contributed by atoms with Gasteiger partial charge in [-0.15, -0.1) is 6.58 Å². The average Bonchev–Trinajstić information content (AvgIpc) is 2.62. The standard InChI is InChI=1S/C11H14N2O2/c1-4-5-13-6-10(12-8-13)7-15-11(14)9(2)3/h4,6,8H,1-2,5,7H2,3H3. The van der Waals surface area contributed by atoms with Crippen LogP contribution in [0.4, 0.5) is 0 Å². The van der Waals surface area contributed by atoms with Gasteiger partial charge >= 0.3 is 5.97 Å². The Balaban J connectivity index is 2.47. The molecular formula is C11H14N2O2. The van der Waals surface area contributed by atoms with E-state index in [1.54, 1.807) is 19.3 Å². The van der Waals surface area contributed by atoms with E-state index in [2.05, 4.69) is 18.1 Å². The molecule has 0 saturated heterocycles. The molecule has 0 unspecified atom stereocenters. The number of rotatable bonds is 5. The smallest absolute Gasteiger partial charge is 0.333 e. The Morgan fingerprint density at radius 2 is 2.47 bits per heavy atom. The van der Waals surface area contributed by atoms with E-state index >= 15 is 0 Å². The van der Waals surface area contributed by atoms with Crippen molar-refractivity contribution in [3.63, 3.8) is 0 Å². The molecule has 1 aromatic heterocycles. The minimum Gasteiger partial charge on any atom is -0.456 e. The molecule has 1 heterocycles. The summed E-state index contributed by atoms with van der Waals surface area (Å²) < 4.78 is 6.80. The van der Waals surface area contributed by atoms with Crippen molar-refractivity contribution in [1.29, 1.82) is 0 Å². The second-order valence-electron chi connectivity index (χ2n) is 3.21. The molecule has 0 bridgehead atoms. The molecule has 1 aromatic rings. The quantitative estimate of drug-likeness (QED) is 0.418. The Morgan fingerprint density at radius 1 is 1.73 bits per heavy atom. The van der Waals surface area contributed by atoms with Crippen molar-refractivity contribution < 1.29 is 9.53 Å². The van der Waals surface area contributed by atoms with Crippen LogP contribution in [-0.4, -0.2) is 15.5 Å². The third-order valence-electron chi connectivity index (χ3n) is 1.73. The highest BCUT2D eigenvalue weighted by atomic mass is 16.5. The van der Waals surface area contributed by atoms with Crippen LogP contribution in [0.3, 0.4) is 0 Å². The maximum atomic E-state index is 11.1. The maximum absolute atomic E-state index is 11.1. The number of carbonyl (C=O) groups excluding carboxylic acids is 1. The minimum absolute atomic E-state index is 0.176. The van der Waals surface area contributed by atoms with Crippen LogP contribution < -0.4 is 0 Å². The van der Waals surface area contributed by atoms with Crippen LogP contribution in [0.2, 0.25) is 0 Å². The van der Waals surface area contributed by atoms with Gasteiger partial charge in [0.15, 0.2) is 0 Å². The van der Waals surface area contributed by atoms with E-state index in [1.165, 1.54) is 0 Å².